The number of nitrogens with one attached hydrogen (secondary N) is 1. The minimum absolute atomic E-state index is 0.0729. The van der Waals surface area contributed by atoms with E-state index >= 15 is 0 Å². The third-order valence-electron chi connectivity index (χ3n) is 3.70. The molecule has 1 heterocycles. The minimum Gasteiger partial charge on any atom is -0.508 e. The molecule has 3 aromatic rings. The van der Waals surface area contributed by atoms with Gasteiger partial charge in [-0.1, -0.05) is 23.5 Å². The predicted octanol–water partition coefficient (Wildman–Crippen LogP) is 4.34. The Balaban J connectivity index is 1.97. The second-order valence-corrected chi connectivity index (χ2v) is 8.41. The van der Waals surface area contributed by atoms with Gasteiger partial charge in [-0.25, -0.2) is 4.98 Å². The van der Waals surface area contributed by atoms with Crippen molar-refractivity contribution in [3.63, 3.8) is 0 Å². The molecule has 0 saturated heterocycles. The van der Waals surface area contributed by atoms with E-state index < -0.39 is 13.4 Å². The van der Waals surface area contributed by atoms with Crippen molar-refractivity contribution >= 4 is 34.3 Å². The number of rotatable bonds is 7. The highest BCUT2D eigenvalue weighted by molar-refractivity contribution is 7.53. The van der Waals surface area contributed by atoms with Crippen LogP contribution in [0.25, 0.3) is 10.2 Å². The molecule has 0 fully saturated rings. The van der Waals surface area contributed by atoms with Gasteiger partial charge in [-0.2, -0.15) is 0 Å². The predicted molar refractivity (Wildman–Crippen MR) is 102 cm³/mol. The lowest BCUT2D eigenvalue weighted by atomic mass is 10.2. The highest BCUT2D eigenvalue weighted by atomic mass is 32.1. The van der Waals surface area contributed by atoms with E-state index in [4.69, 9.17) is 9.26 Å². The first kappa shape index (κ1) is 18.7. The van der Waals surface area contributed by atoms with Crippen LogP contribution in [0, 0.1) is 0 Å². The fraction of sp³-hybridized carbons (Fsp3) is 0.235. The largest absolute Gasteiger partial charge is 0.508 e. The molecule has 26 heavy (non-hydrogen) atoms. The molecule has 0 aliphatic carbocycles. The summed E-state index contributed by atoms with van der Waals surface area (Å²) in [5, 5.41) is 13.0. The summed E-state index contributed by atoms with van der Waals surface area (Å²) in [6.45, 7) is 1.75. The molecule has 0 bridgehead atoms. The molecule has 9 heteroatoms. The van der Waals surface area contributed by atoms with Crippen LogP contribution in [-0.2, 0) is 9.09 Å². The van der Waals surface area contributed by atoms with E-state index in [1.54, 1.807) is 32.2 Å². The number of fused-ring (bicyclic) bond motifs is 1. The molecular weight excluding hydrogens is 375 g/mol. The first-order chi connectivity index (χ1) is 12.4. The molecule has 3 N–H and O–H groups in total. The molecule has 0 aliphatic heterocycles. The van der Waals surface area contributed by atoms with Crippen LogP contribution in [-0.4, -0.2) is 28.7 Å². The van der Waals surface area contributed by atoms with Crippen LogP contribution >= 0.6 is 18.9 Å². The fourth-order valence-corrected chi connectivity index (χ4v) is 4.84. The van der Waals surface area contributed by atoms with Crippen LogP contribution in [0.3, 0.4) is 0 Å². The number of phenols is 1. The van der Waals surface area contributed by atoms with Gasteiger partial charge in [0.15, 0.2) is 10.9 Å². The zero-order valence-corrected chi connectivity index (χ0v) is 16.0. The normalized spacial score (nSPS) is 14.7. The van der Waals surface area contributed by atoms with Crippen LogP contribution < -0.4 is 10.1 Å². The molecule has 7 nitrogen and oxygen atoms in total. The van der Waals surface area contributed by atoms with Crippen molar-refractivity contribution in [2.45, 2.75) is 12.7 Å². The standard InChI is InChI=1S/C17H19N2O5PS/c1-3-24-25(21,22)16(11-4-6-12(20)7-5-11)19-17-18-14-9-8-13(23-2)10-15(14)26-17/h4-10,16,20H,3H2,1-2H3,(H,18,19)(H,21,22). The number of hydrogen-bond donors (Lipinski definition) is 3. The summed E-state index contributed by atoms with van der Waals surface area (Å²) < 4.78 is 23.9. The highest BCUT2D eigenvalue weighted by Gasteiger charge is 2.34. The van der Waals surface area contributed by atoms with Crippen molar-refractivity contribution in [2.24, 2.45) is 0 Å². The third kappa shape index (κ3) is 3.99. The van der Waals surface area contributed by atoms with E-state index in [1.165, 1.54) is 23.5 Å². The van der Waals surface area contributed by atoms with E-state index in [-0.39, 0.29) is 12.4 Å². The molecule has 0 amide bonds. The molecule has 2 unspecified atom stereocenters. The summed E-state index contributed by atoms with van der Waals surface area (Å²) in [7, 11) is -2.42. The Morgan fingerprint density at radius 3 is 2.65 bits per heavy atom. The van der Waals surface area contributed by atoms with Crippen molar-refractivity contribution in [3.8, 4) is 11.5 Å². The van der Waals surface area contributed by atoms with Crippen LogP contribution in [0.5, 0.6) is 11.5 Å². The maximum atomic E-state index is 12.7. The van der Waals surface area contributed by atoms with Crippen molar-refractivity contribution < 1.29 is 23.8 Å². The fourth-order valence-electron chi connectivity index (χ4n) is 2.48. The average molecular weight is 394 g/mol. The minimum atomic E-state index is -4.01. The molecule has 0 spiro atoms. The lowest BCUT2D eigenvalue weighted by Gasteiger charge is -2.23. The van der Waals surface area contributed by atoms with E-state index in [1.807, 2.05) is 12.1 Å². The monoisotopic (exact) mass is 394 g/mol. The zero-order chi connectivity index (χ0) is 18.7. The van der Waals surface area contributed by atoms with Gasteiger partial charge in [0.2, 0.25) is 0 Å². The number of methoxy groups -OCH3 is 1. The number of hydrogen-bond acceptors (Lipinski definition) is 7. The molecule has 138 valence electrons. The number of ether oxygens (including phenoxy) is 1. The Bertz CT molecular complexity index is 944. The van der Waals surface area contributed by atoms with Gasteiger partial charge in [-0.15, -0.1) is 0 Å². The number of aromatic nitrogens is 1. The Morgan fingerprint density at radius 2 is 2.00 bits per heavy atom. The molecule has 0 aliphatic rings. The first-order valence-corrected chi connectivity index (χ1v) is 10.4. The van der Waals surface area contributed by atoms with Crippen LogP contribution in [0.2, 0.25) is 0 Å². The van der Waals surface area contributed by atoms with Crippen LogP contribution in [0.15, 0.2) is 42.5 Å². The number of phenolic OH excluding ortho intramolecular Hbond substituents is 1. The van der Waals surface area contributed by atoms with Gasteiger partial charge in [0.25, 0.3) is 0 Å². The van der Waals surface area contributed by atoms with Gasteiger partial charge in [0.1, 0.15) is 11.5 Å². The second-order valence-electron chi connectivity index (χ2n) is 5.47. The third-order valence-corrected chi connectivity index (χ3v) is 6.36. The number of benzene rings is 2. The van der Waals surface area contributed by atoms with Gasteiger partial charge in [-0.05, 0) is 42.8 Å². The van der Waals surface area contributed by atoms with Crippen molar-refractivity contribution in [2.75, 3.05) is 19.0 Å². The van der Waals surface area contributed by atoms with Gasteiger partial charge in [0.05, 0.1) is 23.9 Å². The Kier molecular flexibility index (Phi) is 5.48. The average Bonchev–Trinajstić information content (AvgIpc) is 3.02. The van der Waals surface area contributed by atoms with Gasteiger partial charge >= 0.3 is 7.60 Å². The molecular formula is C17H19N2O5PS. The highest BCUT2D eigenvalue weighted by Crippen LogP contribution is 2.56. The Labute approximate surface area is 154 Å². The molecule has 2 atom stereocenters. The van der Waals surface area contributed by atoms with E-state index in [9.17, 15) is 14.6 Å². The van der Waals surface area contributed by atoms with Crippen molar-refractivity contribution in [3.05, 3.63) is 48.0 Å². The van der Waals surface area contributed by atoms with E-state index in [0.29, 0.717) is 16.4 Å². The number of nitrogens with zero attached hydrogens (tertiary/aromatic N) is 1. The van der Waals surface area contributed by atoms with E-state index in [0.717, 1.165) is 10.2 Å². The van der Waals surface area contributed by atoms with Gasteiger partial charge in [0, 0.05) is 0 Å². The number of anilines is 1. The van der Waals surface area contributed by atoms with Crippen LogP contribution in [0.4, 0.5) is 5.13 Å². The Hall–Kier alpha value is -2.12. The molecule has 0 radical (unpaired) electrons. The van der Waals surface area contributed by atoms with Crippen molar-refractivity contribution in [1.82, 2.24) is 4.98 Å². The maximum Gasteiger partial charge on any atom is 0.354 e. The summed E-state index contributed by atoms with van der Waals surface area (Å²) >= 11 is 1.35. The zero-order valence-electron chi connectivity index (χ0n) is 14.2. The molecule has 3 rings (SSSR count). The quantitative estimate of drug-likeness (QED) is 0.512. The number of aromatic hydroxyl groups is 1. The second kappa shape index (κ2) is 7.63. The lowest BCUT2D eigenvalue weighted by Crippen LogP contribution is -2.13. The topological polar surface area (TPSA) is 101 Å². The van der Waals surface area contributed by atoms with Gasteiger partial charge in [-0.3, -0.25) is 4.57 Å². The summed E-state index contributed by atoms with van der Waals surface area (Å²) in [6.07, 6.45) is 0. The molecule has 1 aromatic heterocycles. The maximum absolute atomic E-state index is 12.7. The van der Waals surface area contributed by atoms with E-state index in [2.05, 4.69) is 10.3 Å². The SMILES string of the molecule is CCOP(=O)(O)C(Nc1nc2ccc(OC)cc2s1)c1ccc(O)cc1. The summed E-state index contributed by atoms with van der Waals surface area (Å²) in [4.78, 5) is 14.8. The lowest BCUT2D eigenvalue weighted by molar-refractivity contribution is 0.267. The molecule has 2 aromatic carbocycles. The molecule has 0 saturated carbocycles. The van der Waals surface area contributed by atoms with Crippen molar-refractivity contribution in [1.29, 1.82) is 0 Å². The summed E-state index contributed by atoms with van der Waals surface area (Å²) in [5.41, 5.74) is 1.27. The summed E-state index contributed by atoms with van der Waals surface area (Å²) in [5.74, 6) is -0.223. The summed E-state index contributed by atoms with van der Waals surface area (Å²) in [6, 6.07) is 11.6. The first-order valence-electron chi connectivity index (χ1n) is 7.90. The van der Waals surface area contributed by atoms with Crippen LogP contribution in [0.1, 0.15) is 18.3 Å². The number of thiazole rings is 1. The Morgan fingerprint density at radius 1 is 1.27 bits per heavy atom. The van der Waals surface area contributed by atoms with Gasteiger partial charge < -0.3 is 24.6 Å². The smallest absolute Gasteiger partial charge is 0.354 e.